The largest absolute Gasteiger partial charge is 0.370 e. The van der Waals surface area contributed by atoms with E-state index in [-0.39, 0.29) is 0 Å². The second kappa shape index (κ2) is 6.10. The van der Waals surface area contributed by atoms with Crippen molar-refractivity contribution in [2.45, 2.75) is 38.8 Å². The first-order valence-corrected chi connectivity index (χ1v) is 7.87. The number of hydrogen-bond donors (Lipinski definition) is 1. The Hall–Kier alpha value is -1.13. The van der Waals surface area contributed by atoms with Gasteiger partial charge in [-0.05, 0) is 45.8 Å². The third-order valence-electron chi connectivity index (χ3n) is 4.61. The van der Waals surface area contributed by atoms with Crippen molar-refractivity contribution in [1.29, 1.82) is 0 Å². The van der Waals surface area contributed by atoms with E-state index >= 15 is 0 Å². The van der Waals surface area contributed by atoms with Crippen LogP contribution in [0.1, 0.15) is 30.5 Å². The minimum absolute atomic E-state index is 0.758. The van der Waals surface area contributed by atoms with E-state index in [2.05, 4.69) is 33.1 Å². The molecule has 3 rings (SSSR count). The number of rotatable bonds is 3. The molecular formula is C16H26N4. The van der Waals surface area contributed by atoms with Crippen LogP contribution in [0.15, 0.2) is 12.3 Å². The molecule has 0 aromatic carbocycles. The predicted octanol–water partition coefficient (Wildman–Crippen LogP) is 1.78. The molecule has 0 bridgehead atoms. The first-order valence-electron chi connectivity index (χ1n) is 7.87. The van der Waals surface area contributed by atoms with Crippen molar-refractivity contribution in [2.75, 3.05) is 38.1 Å². The van der Waals surface area contributed by atoms with Crippen molar-refractivity contribution in [3.05, 3.63) is 23.5 Å². The summed E-state index contributed by atoms with van der Waals surface area (Å²) in [5.74, 6) is 0. The van der Waals surface area contributed by atoms with Gasteiger partial charge in [0.25, 0.3) is 0 Å². The number of fused-ring (bicyclic) bond motifs is 1. The topological polar surface area (TPSA) is 31.4 Å². The van der Waals surface area contributed by atoms with E-state index in [0.29, 0.717) is 0 Å². The van der Waals surface area contributed by atoms with E-state index in [4.69, 9.17) is 0 Å². The lowest BCUT2D eigenvalue weighted by atomic mass is 10.1. The highest BCUT2D eigenvalue weighted by atomic mass is 15.3. The quantitative estimate of drug-likeness (QED) is 0.910. The second-order valence-corrected chi connectivity index (χ2v) is 6.12. The van der Waals surface area contributed by atoms with Gasteiger partial charge < -0.3 is 10.2 Å². The van der Waals surface area contributed by atoms with Crippen LogP contribution < -0.4 is 10.2 Å². The van der Waals surface area contributed by atoms with Gasteiger partial charge in [-0.3, -0.25) is 9.88 Å². The molecule has 1 unspecified atom stereocenters. The number of pyridine rings is 1. The maximum atomic E-state index is 4.47. The van der Waals surface area contributed by atoms with E-state index in [1.807, 2.05) is 13.2 Å². The van der Waals surface area contributed by atoms with Crippen molar-refractivity contribution >= 4 is 5.69 Å². The van der Waals surface area contributed by atoms with Crippen molar-refractivity contribution in [3.8, 4) is 0 Å². The molecule has 4 heteroatoms. The van der Waals surface area contributed by atoms with Gasteiger partial charge >= 0.3 is 0 Å². The lowest BCUT2D eigenvalue weighted by Crippen LogP contribution is -2.37. The van der Waals surface area contributed by atoms with E-state index in [1.54, 1.807) is 0 Å². The van der Waals surface area contributed by atoms with Crippen LogP contribution in [0, 0.1) is 6.92 Å². The number of aryl methyl sites for hydroxylation is 1. The van der Waals surface area contributed by atoms with Crippen molar-refractivity contribution < 1.29 is 0 Å². The van der Waals surface area contributed by atoms with Crippen molar-refractivity contribution in [1.82, 2.24) is 15.2 Å². The summed E-state index contributed by atoms with van der Waals surface area (Å²) in [6, 6.07) is 3.02. The Morgan fingerprint density at radius 1 is 1.30 bits per heavy atom. The zero-order chi connectivity index (χ0) is 13.9. The third-order valence-corrected chi connectivity index (χ3v) is 4.61. The summed E-state index contributed by atoms with van der Waals surface area (Å²) in [5, 5.41) is 3.27. The molecule has 4 nitrogen and oxygen atoms in total. The number of nitrogens with zero attached hydrogens (tertiary/aromatic N) is 3. The maximum absolute atomic E-state index is 4.47. The Balaban J connectivity index is 1.85. The van der Waals surface area contributed by atoms with Gasteiger partial charge in [-0.2, -0.15) is 0 Å². The normalized spacial score (nSPS) is 23.7. The van der Waals surface area contributed by atoms with Crippen LogP contribution in [0.2, 0.25) is 0 Å². The van der Waals surface area contributed by atoms with Gasteiger partial charge in [0.1, 0.15) is 0 Å². The third kappa shape index (κ3) is 2.81. The maximum Gasteiger partial charge on any atom is 0.0446 e. The molecule has 0 aliphatic carbocycles. The number of aromatic nitrogens is 1. The molecule has 2 aliphatic heterocycles. The molecule has 0 radical (unpaired) electrons. The SMILES string of the molecule is CNCc1cnc(C)cc1N1CCCN2CCCC2C1. The molecule has 0 saturated carbocycles. The smallest absolute Gasteiger partial charge is 0.0446 e. The highest BCUT2D eigenvalue weighted by Gasteiger charge is 2.29. The lowest BCUT2D eigenvalue weighted by molar-refractivity contribution is 0.273. The second-order valence-electron chi connectivity index (χ2n) is 6.12. The predicted molar refractivity (Wildman–Crippen MR) is 83.2 cm³/mol. The van der Waals surface area contributed by atoms with Gasteiger partial charge in [0.05, 0.1) is 0 Å². The van der Waals surface area contributed by atoms with Crippen LogP contribution >= 0.6 is 0 Å². The zero-order valence-corrected chi connectivity index (χ0v) is 12.7. The van der Waals surface area contributed by atoms with Crippen LogP contribution in [0.4, 0.5) is 5.69 Å². The molecule has 0 amide bonds. The minimum Gasteiger partial charge on any atom is -0.370 e. The molecule has 0 spiro atoms. The van der Waals surface area contributed by atoms with Gasteiger partial charge in [0.15, 0.2) is 0 Å². The van der Waals surface area contributed by atoms with E-state index in [1.165, 1.54) is 56.7 Å². The Morgan fingerprint density at radius 2 is 2.15 bits per heavy atom. The Bertz CT molecular complexity index is 460. The summed E-state index contributed by atoms with van der Waals surface area (Å²) >= 11 is 0. The summed E-state index contributed by atoms with van der Waals surface area (Å²) in [6.45, 7) is 7.91. The standard InChI is InChI=1S/C16H26N4/c1-13-9-16(14(10-17-2)11-18-13)20-8-4-7-19-6-3-5-15(19)12-20/h9,11,15,17H,3-8,10,12H2,1-2H3. The van der Waals surface area contributed by atoms with E-state index in [0.717, 1.165) is 18.3 Å². The Morgan fingerprint density at radius 3 is 3.00 bits per heavy atom. The van der Waals surface area contributed by atoms with Crippen molar-refractivity contribution in [2.24, 2.45) is 0 Å². The van der Waals surface area contributed by atoms with Crippen LogP contribution in [0.25, 0.3) is 0 Å². The van der Waals surface area contributed by atoms with Gasteiger partial charge in [-0.15, -0.1) is 0 Å². The number of hydrogen-bond acceptors (Lipinski definition) is 4. The molecule has 20 heavy (non-hydrogen) atoms. The fourth-order valence-corrected chi connectivity index (χ4v) is 3.62. The Labute approximate surface area is 122 Å². The highest BCUT2D eigenvalue weighted by molar-refractivity contribution is 5.54. The van der Waals surface area contributed by atoms with Crippen LogP contribution in [0.5, 0.6) is 0 Å². The fourth-order valence-electron chi connectivity index (χ4n) is 3.62. The van der Waals surface area contributed by atoms with Gasteiger partial charge in [-0.25, -0.2) is 0 Å². The molecule has 110 valence electrons. The summed E-state index contributed by atoms with van der Waals surface area (Å²) in [6.07, 6.45) is 6.05. The number of anilines is 1. The molecule has 1 aromatic heterocycles. The van der Waals surface area contributed by atoms with Crippen molar-refractivity contribution in [3.63, 3.8) is 0 Å². The minimum atomic E-state index is 0.758. The molecule has 1 aromatic rings. The number of nitrogens with one attached hydrogen (secondary N) is 1. The molecule has 3 heterocycles. The summed E-state index contributed by atoms with van der Waals surface area (Å²) < 4.78 is 0. The first kappa shape index (κ1) is 13.8. The van der Waals surface area contributed by atoms with E-state index < -0.39 is 0 Å². The Kier molecular flexibility index (Phi) is 4.22. The first-order chi connectivity index (χ1) is 9.78. The van der Waals surface area contributed by atoms with E-state index in [9.17, 15) is 0 Å². The molecule has 2 fully saturated rings. The average Bonchev–Trinajstić information content (AvgIpc) is 2.78. The van der Waals surface area contributed by atoms with Gasteiger partial charge in [-0.1, -0.05) is 0 Å². The van der Waals surface area contributed by atoms with Crippen LogP contribution in [0.3, 0.4) is 0 Å². The monoisotopic (exact) mass is 274 g/mol. The molecule has 2 saturated heterocycles. The summed E-state index contributed by atoms with van der Waals surface area (Å²) in [5.41, 5.74) is 3.83. The van der Waals surface area contributed by atoms with Gasteiger partial charge in [0.2, 0.25) is 0 Å². The fraction of sp³-hybridized carbons (Fsp3) is 0.688. The average molecular weight is 274 g/mol. The summed E-state index contributed by atoms with van der Waals surface area (Å²) in [7, 11) is 2.00. The molecular weight excluding hydrogens is 248 g/mol. The lowest BCUT2D eigenvalue weighted by Gasteiger charge is -2.29. The zero-order valence-electron chi connectivity index (χ0n) is 12.7. The van der Waals surface area contributed by atoms with Crippen LogP contribution in [-0.2, 0) is 6.54 Å². The highest BCUT2D eigenvalue weighted by Crippen LogP contribution is 2.27. The van der Waals surface area contributed by atoms with Gasteiger partial charge in [0, 0.05) is 55.4 Å². The summed E-state index contributed by atoms with van der Waals surface area (Å²) in [4.78, 5) is 9.75. The molecule has 1 N–H and O–H groups in total. The van der Waals surface area contributed by atoms with Crippen LogP contribution in [-0.4, -0.2) is 49.2 Å². The molecule has 2 aliphatic rings. The molecule has 1 atom stereocenters.